The van der Waals surface area contributed by atoms with Crippen molar-refractivity contribution in [2.75, 3.05) is 11.9 Å². The zero-order valence-electron chi connectivity index (χ0n) is 20.2. The highest BCUT2D eigenvalue weighted by atomic mass is 32.1. The lowest BCUT2D eigenvalue weighted by Crippen LogP contribution is -2.20. The van der Waals surface area contributed by atoms with Gasteiger partial charge in [-0.05, 0) is 53.9 Å². The monoisotopic (exact) mass is 528 g/mol. The Labute approximate surface area is 221 Å². The van der Waals surface area contributed by atoms with Gasteiger partial charge in [-0.3, -0.25) is 14.6 Å². The highest BCUT2D eigenvalue weighted by molar-refractivity contribution is 7.17. The molecular formula is C28H21FN4O4S. The fourth-order valence-electron chi connectivity index (χ4n) is 4.00. The number of halogens is 1. The van der Waals surface area contributed by atoms with Crippen LogP contribution in [-0.2, 0) is 14.3 Å². The van der Waals surface area contributed by atoms with Gasteiger partial charge < -0.3 is 15.8 Å². The van der Waals surface area contributed by atoms with Crippen LogP contribution < -0.4 is 11.1 Å². The molecule has 4 aromatic rings. The first-order valence-electron chi connectivity index (χ1n) is 11.6. The minimum atomic E-state index is -0.741. The number of aliphatic imine (C=N–C) groups is 1. The van der Waals surface area contributed by atoms with Gasteiger partial charge in [0.05, 0.1) is 29.2 Å². The van der Waals surface area contributed by atoms with E-state index in [0.717, 1.165) is 33.6 Å². The molecule has 1 aliphatic heterocycles. The van der Waals surface area contributed by atoms with E-state index in [2.05, 4.69) is 10.3 Å². The predicted molar refractivity (Wildman–Crippen MR) is 143 cm³/mol. The van der Waals surface area contributed by atoms with Crippen molar-refractivity contribution in [3.05, 3.63) is 88.7 Å². The maximum Gasteiger partial charge on any atom is 0.350 e. The number of nitrogens with zero attached hydrogens (tertiary/aromatic N) is 2. The first kappa shape index (κ1) is 25.0. The molecule has 0 atom stereocenters. The van der Waals surface area contributed by atoms with Gasteiger partial charge in [-0.15, -0.1) is 11.3 Å². The second-order valence-electron chi connectivity index (χ2n) is 8.58. The molecule has 0 spiro atoms. The number of carbonyl (C=O) groups is 3. The number of esters is 1. The summed E-state index contributed by atoms with van der Waals surface area (Å²) < 4.78 is 18.2. The first-order chi connectivity index (χ1) is 18.3. The number of amides is 2. The van der Waals surface area contributed by atoms with Crippen molar-refractivity contribution in [1.29, 1.82) is 0 Å². The van der Waals surface area contributed by atoms with Crippen LogP contribution >= 0.6 is 11.3 Å². The summed E-state index contributed by atoms with van der Waals surface area (Å²) in [4.78, 5) is 45.6. The van der Waals surface area contributed by atoms with Gasteiger partial charge in [-0.2, -0.15) is 0 Å². The van der Waals surface area contributed by atoms with Gasteiger partial charge in [0.2, 0.25) is 5.91 Å². The predicted octanol–water partition coefficient (Wildman–Crippen LogP) is 5.03. The number of benzene rings is 3. The van der Waals surface area contributed by atoms with E-state index in [1.807, 2.05) is 42.5 Å². The minimum absolute atomic E-state index is 0.0611. The quantitative estimate of drug-likeness (QED) is 0.340. The number of nitrogens with two attached hydrogens (primary N) is 1. The van der Waals surface area contributed by atoms with Gasteiger partial charge in [-0.1, -0.05) is 36.4 Å². The van der Waals surface area contributed by atoms with Crippen LogP contribution in [0.15, 0.2) is 71.7 Å². The van der Waals surface area contributed by atoms with E-state index in [-0.39, 0.29) is 23.0 Å². The van der Waals surface area contributed by atoms with Gasteiger partial charge in [0, 0.05) is 5.56 Å². The summed E-state index contributed by atoms with van der Waals surface area (Å²) in [6.07, 6.45) is 0.0611. The number of rotatable bonds is 6. The minimum Gasteiger partial charge on any atom is -0.451 e. The average molecular weight is 529 g/mol. The molecule has 0 bridgehead atoms. The van der Waals surface area contributed by atoms with E-state index in [4.69, 9.17) is 15.5 Å². The molecule has 3 N–H and O–H groups in total. The topological polar surface area (TPSA) is 124 Å². The number of aryl methyl sites for hydroxylation is 1. The molecule has 2 heterocycles. The zero-order chi connectivity index (χ0) is 26.8. The van der Waals surface area contributed by atoms with Crippen molar-refractivity contribution in [2.45, 2.75) is 13.3 Å². The van der Waals surface area contributed by atoms with Crippen LogP contribution in [-0.4, -0.2) is 35.1 Å². The number of anilines is 1. The van der Waals surface area contributed by atoms with Crippen LogP contribution in [0.4, 0.5) is 15.8 Å². The molecule has 0 aliphatic carbocycles. The molecule has 0 fully saturated rings. The van der Waals surface area contributed by atoms with Crippen molar-refractivity contribution < 1.29 is 23.5 Å². The molecule has 0 saturated carbocycles. The van der Waals surface area contributed by atoms with E-state index in [1.54, 1.807) is 19.1 Å². The summed E-state index contributed by atoms with van der Waals surface area (Å²) in [5.74, 6) is -1.94. The van der Waals surface area contributed by atoms with Gasteiger partial charge in [0.1, 0.15) is 15.7 Å². The van der Waals surface area contributed by atoms with Gasteiger partial charge in [0.25, 0.3) is 5.91 Å². The maximum atomic E-state index is 13.3. The highest BCUT2D eigenvalue weighted by Crippen LogP contribution is 2.35. The molecule has 8 nitrogen and oxygen atoms in total. The number of fused-ring (bicyclic) bond motifs is 1. The van der Waals surface area contributed by atoms with Gasteiger partial charge >= 0.3 is 5.97 Å². The normalized spacial score (nSPS) is 12.7. The molecule has 10 heteroatoms. The molecule has 38 heavy (non-hydrogen) atoms. The third-order valence-corrected chi connectivity index (χ3v) is 6.99. The Morgan fingerprint density at radius 3 is 2.53 bits per heavy atom. The first-order valence-corrected chi connectivity index (χ1v) is 12.4. The lowest BCUT2D eigenvalue weighted by atomic mass is 10.0. The average Bonchev–Trinajstić information content (AvgIpc) is 3.21. The number of carbonyl (C=O) groups excluding carboxylic acids is 3. The molecule has 190 valence electrons. The summed E-state index contributed by atoms with van der Waals surface area (Å²) in [5.41, 5.74) is 10.4. The summed E-state index contributed by atoms with van der Waals surface area (Å²) in [6.45, 7) is 1.18. The van der Waals surface area contributed by atoms with Crippen LogP contribution in [0.2, 0.25) is 0 Å². The van der Waals surface area contributed by atoms with E-state index in [0.29, 0.717) is 27.8 Å². The lowest BCUT2D eigenvalue weighted by Gasteiger charge is -2.08. The Bertz CT molecular complexity index is 1610. The molecule has 3 aromatic carbocycles. The maximum absolute atomic E-state index is 13.3. The zero-order valence-corrected chi connectivity index (χ0v) is 21.0. The highest BCUT2D eigenvalue weighted by Gasteiger charge is 2.21. The van der Waals surface area contributed by atoms with Crippen molar-refractivity contribution in [1.82, 2.24) is 4.98 Å². The Kier molecular flexibility index (Phi) is 6.80. The smallest absolute Gasteiger partial charge is 0.350 e. The Balaban J connectivity index is 1.45. The van der Waals surface area contributed by atoms with Crippen LogP contribution in [0.25, 0.3) is 21.7 Å². The fraction of sp³-hybridized carbons (Fsp3) is 0.107. The van der Waals surface area contributed by atoms with Crippen LogP contribution in [0.3, 0.4) is 0 Å². The summed E-state index contributed by atoms with van der Waals surface area (Å²) in [5, 5.41) is 3.49. The second-order valence-corrected chi connectivity index (χ2v) is 9.58. The van der Waals surface area contributed by atoms with Crippen LogP contribution in [0.1, 0.15) is 27.3 Å². The number of primary amides is 1. The SMILES string of the molecule is Cc1nc(-c2cccc(C3=Nc4ccc(-c5ccc(F)cc5)cc4NC(=O)C3)c2)sc1C(=O)OCC(N)=O. The van der Waals surface area contributed by atoms with Crippen molar-refractivity contribution in [3.8, 4) is 21.7 Å². The van der Waals surface area contributed by atoms with E-state index >= 15 is 0 Å². The van der Waals surface area contributed by atoms with Crippen molar-refractivity contribution in [2.24, 2.45) is 10.7 Å². The van der Waals surface area contributed by atoms with E-state index in [9.17, 15) is 18.8 Å². The standard InChI is InChI=1S/C28H21FN4O4S/c1-15-26(28(36)37-14-24(30)34)38-27(31-15)19-4-2-3-18(11-19)22-13-25(35)33-23-12-17(7-10-21(23)32-22)16-5-8-20(29)9-6-16/h2-12H,13-14H2,1H3,(H2,30,34)(H,33,35). The largest absolute Gasteiger partial charge is 0.451 e. The Morgan fingerprint density at radius 1 is 1.03 bits per heavy atom. The molecule has 1 aromatic heterocycles. The summed E-state index contributed by atoms with van der Waals surface area (Å²) in [7, 11) is 0. The van der Waals surface area contributed by atoms with Crippen molar-refractivity contribution >= 4 is 46.2 Å². The molecule has 0 radical (unpaired) electrons. The second kappa shape index (κ2) is 10.3. The van der Waals surface area contributed by atoms with E-state index < -0.39 is 18.5 Å². The third-order valence-electron chi connectivity index (χ3n) is 5.80. The Morgan fingerprint density at radius 2 is 1.76 bits per heavy atom. The molecular weight excluding hydrogens is 507 g/mol. The number of aromatic nitrogens is 1. The van der Waals surface area contributed by atoms with Gasteiger partial charge in [0.15, 0.2) is 6.61 Å². The number of nitrogens with one attached hydrogen (secondary N) is 1. The molecule has 5 rings (SSSR count). The lowest BCUT2D eigenvalue weighted by molar-refractivity contribution is -0.121. The third kappa shape index (κ3) is 5.35. The Hall–Kier alpha value is -4.70. The molecule has 0 saturated heterocycles. The summed E-state index contributed by atoms with van der Waals surface area (Å²) in [6, 6.07) is 19.0. The molecule has 0 unspecified atom stereocenters. The number of thiazole rings is 1. The van der Waals surface area contributed by atoms with Crippen LogP contribution in [0.5, 0.6) is 0 Å². The summed E-state index contributed by atoms with van der Waals surface area (Å²) >= 11 is 1.14. The number of hydrogen-bond acceptors (Lipinski definition) is 7. The fourth-order valence-corrected chi connectivity index (χ4v) is 4.95. The van der Waals surface area contributed by atoms with E-state index in [1.165, 1.54) is 12.1 Å². The molecule has 1 aliphatic rings. The number of hydrogen-bond donors (Lipinski definition) is 2. The van der Waals surface area contributed by atoms with Crippen molar-refractivity contribution in [3.63, 3.8) is 0 Å². The number of ether oxygens (including phenoxy) is 1. The molecule has 2 amide bonds. The van der Waals surface area contributed by atoms with Gasteiger partial charge in [-0.25, -0.2) is 14.2 Å². The van der Waals surface area contributed by atoms with Crippen LogP contribution in [0, 0.1) is 12.7 Å².